The van der Waals surface area contributed by atoms with Crippen LogP contribution in [0.2, 0.25) is 4.34 Å². The maximum absolute atomic E-state index is 12.6. The number of para-hydroxylation sites is 1. The number of hydrogen-bond donors (Lipinski definition) is 0. The van der Waals surface area contributed by atoms with Crippen LogP contribution in [-0.4, -0.2) is 25.8 Å². The van der Waals surface area contributed by atoms with Crippen LogP contribution >= 0.6 is 22.9 Å². The molecule has 1 aromatic carbocycles. The summed E-state index contributed by atoms with van der Waals surface area (Å²) in [6.45, 7) is 2.72. The van der Waals surface area contributed by atoms with Crippen LogP contribution in [0.4, 0.5) is 0 Å². The molecule has 0 spiro atoms. The third-order valence-electron chi connectivity index (χ3n) is 5.94. The van der Waals surface area contributed by atoms with Gasteiger partial charge in [-0.1, -0.05) is 35.0 Å². The molecule has 8 heteroatoms. The predicted molar refractivity (Wildman–Crippen MR) is 123 cm³/mol. The Morgan fingerprint density at radius 3 is 2.90 bits per heavy atom. The average Bonchev–Trinajstić information content (AvgIpc) is 3.46. The zero-order valence-electron chi connectivity index (χ0n) is 17.2. The van der Waals surface area contributed by atoms with E-state index in [1.807, 2.05) is 25.3 Å². The maximum Gasteiger partial charge on any atom is 0.375 e. The third kappa shape index (κ3) is 3.58. The molecule has 0 N–H and O–H groups in total. The molecule has 0 aliphatic heterocycles. The second-order valence-corrected chi connectivity index (χ2v) is 9.43. The van der Waals surface area contributed by atoms with E-state index in [-0.39, 0.29) is 5.92 Å². The molecule has 0 amide bonds. The first kappa shape index (κ1) is 20.0. The SMILES string of the molecule is Cc1nccn1CC1CCc2c(c3ccccc3n2C)C1=NOC(=O)c1ccc(Cl)s1. The van der Waals surface area contributed by atoms with E-state index in [4.69, 9.17) is 16.4 Å². The monoisotopic (exact) mass is 452 g/mol. The van der Waals surface area contributed by atoms with Crippen LogP contribution in [0.15, 0.2) is 53.9 Å². The van der Waals surface area contributed by atoms with Crippen molar-refractivity contribution in [2.75, 3.05) is 0 Å². The van der Waals surface area contributed by atoms with Crippen LogP contribution in [0.5, 0.6) is 0 Å². The van der Waals surface area contributed by atoms with Crippen molar-refractivity contribution < 1.29 is 9.63 Å². The number of imidazole rings is 1. The molecule has 1 atom stereocenters. The van der Waals surface area contributed by atoms with Crippen molar-refractivity contribution in [1.29, 1.82) is 0 Å². The van der Waals surface area contributed by atoms with E-state index >= 15 is 0 Å². The van der Waals surface area contributed by atoms with Crippen LogP contribution in [0.25, 0.3) is 10.9 Å². The average molecular weight is 453 g/mol. The van der Waals surface area contributed by atoms with Gasteiger partial charge in [-0.2, -0.15) is 0 Å². The van der Waals surface area contributed by atoms with Crippen LogP contribution in [0.3, 0.4) is 0 Å². The number of benzene rings is 1. The summed E-state index contributed by atoms with van der Waals surface area (Å²) in [5.74, 6) is 0.563. The van der Waals surface area contributed by atoms with Gasteiger partial charge in [0.2, 0.25) is 0 Å². The summed E-state index contributed by atoms with van der Waals surface area (Å²) in [6, 6.07) is 11.6. The van der Waals surface area contributed by atoms with Gasteiger partial charge in [0.15, 0.2) is 0 Å². The third-order valence-corrected chi connectivity index (χ3v) is 7.15. The first-order valence-corrected chi connectivity index (χ1v) is 11.3. The van der Waals surface area contributed by atoms with Gasteiger partial charge in [0.25, 0.3) is 0 Å². The van der Waals surface area contributed by atoms with Crippen molar-refractivity contribution >= 4 is 45.5 Å². The van der Waals surface area contributed by atoms with Gasteiger partial charge in [-0.05, 0) is 38.0 Å². The lowest BCUT2D eigenvalue weighted by Gasteiger charge is -2.25. The number of carbonyl (C=O) groups excluding carboxylic acids is 1. The molecular formula is C23H21ClN4O2S. The maximum atomic E-state index is 12.6. The molecule has 0 radical (unpaired) electrons. The Morgan fingerprint density at radius 2 is 2.16 bits per heavy atom. The molecule has 31 heavy (non-hydrogen) atoms. The molecule has 0 fully saturated rings. The number of nitrogens with zero attached hydrogens (tertiary/aromatic N) is 4. The predicted octanol–water partition coefficient (Wildman–Crippen LogP) is 5.22. The number of thiophene rings is 1. The Hall–Kier alpha value is -2.90. The number of aryl methyl sites for hydroxylation is 2. The molecule has 0 saturated heterocycles. The molecule has 158 valence electrons. The van der Waals surface area contributed by atoms with Gasteiger partial charge in [0.1, 0.15) is 10.7 Å². The summed E-state index contributed by atoms with van der Waals surface area (Å²) < 4.78 is 4.89. The normalized spacial score (nSPS) is 17.3. The second-order valence-electron chi connectivity index (χ2n) is 7.72. The van der Waals surface area contributed by atoms with E-state index in [2.05, 4.69) is 38.5 Å². The fourth-order valence-electron chi connectivity index (χ4n) is 4.37. The van der Waals surface area contributed by atoms with Gasteiger partial charge in [-0.25, -0.2) is 9.78 Å². The zero-order chi connectivity index (χ0) is 21.5. The van der Waals surface area contributed by atoms with E-state index < -0.39 is 5.97 Å². The molecule has 0 saturated carbocycles. The number of carbonyl (C=O) groups is 1. The van der Waals surface area contributed by atoms with Crippen molar-refractivity contribution in [2.45, 2.75) is 26.3 Å². The number of halogens is 1. The van der Waals surface area contributed by atoms with Crippen molar-refractivity contribution in [1.82, 2.24) is 14.1 Å². The molecule has 0 bridgehead atoms. The van der Waals surface area contributed by atoms with Crippen molar-refractivity contribution in [3.8, 4) is 0 Å². The summed E-state index contributed by atoms with van der Waals surface area (Å²) >= 11 is 7.16. The molecule has 1 aliphatic rings. The van der Waals surface area contributed by atoms with Crippen molar-refractivity contribution in [3.63, 3.8) is 0 Å². The number of oxime groups is 1. The highest BCUT2D eigenvalue weighted by Crippen LogP contribution is 2.35. The minimum absolute atomic E-state index is 0.103. The largest absolute Gasteiger partial charge is 0.375 e. The Kier molecular flexibility index (Phi) is 5.16. The van der Waals surface area contributed by atoms with Crippen LogP contribution in [0, 0.1) is 12.8 Å². The summed E-state index contributed by atoms with van der Waals surface area (Å²) in [6.07, 6.45) is 5.63. The molecule has 6 nitrogen and oxygen atoms in total. The van der Waals surface area contributed by atoms with Crippen LogP contribution < -0.4 is 0 Å². The zero-order valence-corrected chi connectivity index (χ0v) is 18.8. The van der Waals surface area contributed by atoms with E-state index in [0.717, 1.165) is 47.4 Å². The highest BCUT2D eigenvalue weighted by Gasteiger charge is 2.32. The quantitative estimate of drug-likeness (QED) is 0.315. The first-order valence-electron chi connectivity index (χ1n) is 10.1. The number of hydrogen-bond acceptors (Lipinski definition) is 5. The van der Waals surface area contributed by atoms with Gasteiger partial charge in [0, 0.05) is 54.1 Å². The van der Waals surface area contributed by atoms with Gasteiger partial charge >= 0.3 is 5.97 Å². The summed E-state index contributed by atoms with van der Waals surface area (Å²) in [4.78, 5) is 22.8. The lowest BCUT2D eigenvalue weighted by Crippen LogP contribution is -2.28. The lowest BCUT2D eigenvalue weighted by molar-refractivity contribution is 0.0519. The molecular weight excluding hydrogens is 432 g/mol. The van der Waals surface area contributed by atoms with Crippen molar-refractivity contribution in [2.24, 2.45) is 18.1 Å². The van der Waals surface area contributed by atoms with E-state index in [0.29, 0.717) is 9.21 Å². The fourth-order valence-corrected chi connectivity index (χ4v) is 5.28. The van der Waals surface area contributed by atoms with Gasteiger partial charge in [-0.15, -0.1) is 11.3 Å². The first-order chi connectivity index (χ1) is 15.0. The highest BCUT2D eigenvalue weighted by atomic mass is 35.5. The van der Waals surface area contributed by atoms with E-state index in [9.17, 15) is 4.79 Å². The summed E-state index contributed by atoms with van der Waals surface area (Å²) in [7, 11) is 2.08. The minimum Gasteiger partial charge on any atom is -0.347 e. The van der Waals surface area contributed by atoms with Gasteiger partial charge in [-0.3, -0.25) is 0 Å². The lowest BCUT2D eigenvalue weighted by atomic mass is 9.84. The Bertz CT molecular complexity index is 1320. The number of fused-ring (bicyclic) bond motifs is 3. The van der Waals surface area contributed by atoms with E-state index in [1.165, 1.54) is 17.0 Å². The molecule has 3 aromatic heterocycles. The minimum atomic E-state index is -0.491. The second kappa shape index (κ2) is 7.98. The van der Waals surface area contributed by atoms with Crippen LogP contribution in [0.1, 0.15) is 33.2 Å². The van der Waals surface area contributed by atoms with Gasteiger partial charge in [0.05, 0.1) is 10.0 Å². The number of aromatic nitrogens is 3. The molecule has 1 unspecified atom stereocenters. The Labute approximate surface area is 188 Å². The Balaban J connectivity index is 1.58. The summed E-state index contributed by atoms with van der Waals surface area (Å²) in [5, 5.41) is 5.57. The number of rotatable bonds is 4. The fraction of sp³-hybridized carbons (Fsp3) is 0.261. The Morgan fingerprint density at radius 1 is 1.32 bits per heavy atom. The highest BCUT2D eigenvalue weighted by molar-refractivity contribution is 7.17. The van der Waals surface area contributed by atoms with Crippen molar-refractivity contribution in [3.05, 3.63) is 75.1 Å². The smallest absolute Gasteiger partial charge is 0.347 e. The van der Waals surface area contributed by atoms with Gasteiger partial charge < -0.3 is 14.0 Å². The molecule has 5 rings (SSSR count). The molecule has 1 aliphatic carbocycles. The topological polar surface area (TPSA) is 61.4 Å². The van der Waals surface area contributed by atoms with E-state index in [1.54, 1.807) is 18.3 Å². The standard InChI is InChI=1S/C23H21ClN4O2S/c1-14-25-11-12-28(14)13-15-7-8-18-21(16-5-3-4-6-17(16)27(18)2)22(15)26-30-23(29)19-9-10-20(24)31-19/h3-6,9-12,15H,7-8,13H2,1-2H3. The summed E-state index contributed by atoms with van der Waals surface area (Å²) in [5.41, 5.74) is 4.25. The molecule has 3 heterocycles. The molecule has 4 aromatic rings. The van der Waals surface area contributed by atoms with Crippen LogP contribution in [-0.2, 0) is 24.9 Å².